The zero-order valence-electron chi connectivity index (χ0n) is 11.4. The fourth-order valence-corrected chi connectivity index (χ4v) is 1.45. The van der Waals surface area contributed by atoms with Crippen molar-refractivity contribution in [3.63, 3.8) is 0 Å². The van der Waals surface area contributed by atoms with Gasteiger partial charge in [-0.2, -0.15) is 0 Å². The number of esters is 1. The number of aryl methyl sites for hydroxylation is 1. The van der Waals surface area contributed by atoms with Gasteiger partial charge in [-0.15, -0.1) is 0 Å². The van der Waals surface area contributed by atoms with Crippen molar-refractivity contribution in [2.24, 2.45) is 0 Å². The fraction of sp³-hybridized carbons (Fsp3) is 0.429. The third-order valence-corrected chi connectivity index (χ3v) is 2.81. The summed E-state index contributed by atoms with van der Waals surface area (Å²) in [5.74, 6) is -1.18. The van der Waals surface area contributed by atoms with Crippen LogP contribution in [0, 0.1) is 6.92 Å². The van der Waals surface area contributed by atoms with Crippen LogP contribution in [0.4, 0.5) is 0 Å². The van der Waals surface area contributed by atoms with Gasteiger partial charge in [0, 0.05) is 6.04 Å². The highest BCUT2D eigenvalue weighted by Gasteiger charge is 2.15. The molecule has 0 aliphatic carbocycles. The number of hydrogen-bond donors (Lipinski definition) is 2. The molecule has 0 bridgehead atoms. The molecular weight excluding hydrogens is 246 g/mol. The quantitative estimate of drug-likeness (QED) is 0.796. The maximum absolute atomic E-state index is 11.7. The van der Waals surface area contributed by atoms with E-state index in [1.54, 1.807) is 19.1 Å². The number of amides is 1. The first-order chi connectivity index (χ1) is 8.95. The van der Waals surface area contributed by atoms with Gasteiger partial charge in [0.15, 0.2) is 6.61 Å². The smallest absolute Gasteiger partial charge is 0.342 e. The summed E-state index contributed by atoms with van der Waals surface area (Å²) in [6.45, 7) is 5.14. The van der Waals surface area contributed by atoms with Gasteiger partial charge in [-0.3, -0.25) is 4.79 Å². The van der Waals surface area contributed by atoms with E-state index in [4.69, 9.17) is 4.74 Å². The van der Waals surface area contributed by atoms with Crippen LogP contribution in [0.5, 0.6) is 5.75 Å². The lowest BCUT2D eigenvalue weighted by molar-refractivity contribution is -0.124. The van der Waals surface area contributed by atoms with Crippen molar-refractivity contribution in [2.75, 3.05) is 6.61 Å². The van der Waals surface area contributed by atoms with Crippen LogP contribution in [0.1, 0.15) is 36.2 Å². The normalized spacial score (nSPS) is 11.7. The highest BCUT2D eigenvalue weighted by Crippen LogP contribution is 2.21. The van der Waals surface area contributed by atoms with E-state index >= 15 is 0 Å². The SMILES string of the molecule is CC[C@@H](C)NC(=O)COC(=O)c1cccc(C)c1O. The van der Waals surface area contributed by atoms with E-state index in [0.717, 1.165) is 6.42 Å². The van der Waals surface area contributed by atoms with Gasteiger partial charge in [0.05, 0.1) is 0 Å². The first-order valence-electron chi connectivity index (χ1n) is 6.20. The first-order valence-corrected chi connectivity index (χ1v) is 6.20. The van der Waals surface area contributed by atoms with Crippen LogP contribution in [-0.2, 0) is 9.53 Å². The summed E-state index contributed by atoms with van der Waals surface area (Å²) < 4.78 is 4.86. The van der Waals surface area contributed by atoms with Gasteiger partial charge in [-0.25, -0.2) is 4.79 Å². The van der Waals surface area contributed by atoms with Crippen molar-refractivity contribution in [1.29, 1.82) is 0 Å². The Morgan fingerprint density at radius 2 is 2.11 bits per heavy atom. The lowest BCUT2D eigenvalue weighted by atomic mass is 10.1. The molecule has 104 valence electrons. The summed E-state index contributed by atoms with van der Waals surface area (Å²) in [6.07, 6.45) is 0.804. The minimum atomic E-state index is -0.708. The Morgan fingerprint density at radius 1 is 1.42 bits per heavy atom. The molecular formula is C14H19NO4. The van der Waals surface area contributed by atoms with Crippen LogP contribution >= 0.6 is 0 Å². The third kappa shape index (κ3) is 4.28. The molecule has 0 saturated carbocycles. The predicted molar refractivity (Wildman–Crippen MR) is 71.0 cm³/mol. The molecule has 19 heavy (non-hydrogen) atoms. The lowest BCUT2D eigenvalue weighted by Crippen LogP contribution is -2.35. The second-order valence-electron chi connectivity index (χ2n) is 4.42. The molecule has 0 radical (unpaired) electrons. The molecule has 2 N–H and O–H groups in total. The minimum absolute atomic E-state index is 0.0403. The van der Waals surface area contributed by atoms with Crippen LogP contribution in [0.3, 0.4) is 0 Å². The summed E-state index contributed by atoms with van der Waals surface area (Å²) >= 11 is 0. The predicted octanol–water partition coefficient (Wildman–Crippen LogP) is 1.77. The van der Waals surface area contributed by atoms with Crippen molar-refractivity contribution >= 4 is 11.9 Å². The van der Waals surface area contributed by atoms with Crippen LogP contribution in [0.15, 0.2) is 18.2 Å². The molecule has 0 heterocycles. The second kappa shape index (κ2) is 6.78. The molecule has 5 nitrogen and oxygen atoms in total. The number of para-hydroxylation sites is 1. The number of aromatic hydroxyl groups is 1. The van der Waals surface area contributed by atoms with Crippen molar-refractivity contribution < 1.29 is 19.4 Å². The number of nitrogens with one attached hydrogen (secondary N) is 1. The number of ether oxygens (including phenoxy) is 1. The second-order valence-corrected chi connectivity index (χ2v) is 4.42. The van der Waals surface area contributed by atoms with E-state index in [-0.39, 0.29) is 29.9 Å². The highest BCUT2D eigenvalue weighted by atomic mass is 16.5. The van der Waals surface area contributed by atoms with Gasteiger partial charge in [-0.1, -0.05) is 19.1 Å². The first kappa shape index (κ1) is 15.0. The molecule has 0 aliphatic heterocycles. The number of rotatable bonds is 5. The molecule has 1 rings (SSSR count). The number of carbonyl (C=O) groups excluding carboxylic acids is 2. The average molecular weight is 265 g/mol. The van der Waals surface area contributed by atoms with Gasteiger partial charge in [0.2, 0.25) is 0 Å². The van der Waals surface area contributed by atoms with Gasteiger partial charge in [0.25, 0.3) is 5.91 Å². The van der Waals surface area contributed by atoms with E-state index in [2.05, 4.69) is 5.32 Å². The summed E-state index contributed by atoms with van der Waals surface area (Å²) in [7, 11) is 0. The number of carbonyl (C=O) groups is 2. The number of phenols is 1. The number of hydrogen-bond acceptors (Lipinski definition) is 4. The Bertz CT molecular complexity index is 471. The Morgan fingerprint density at radius 3 is 2.74 bits per heavy atom. The van der Waals surface area contributed by atoms with E-state index in [0.29, 0.717) is 5.56 Å². The summed E-state index contributed by atoms with van der Waals surface area (Å²) in [5.41, 5.74) is 0.648. The van der Waals surface area contributed by atoms with Gasteiger partial charge in [0.1, 0.15) is 11.3 Å². The molecule has 5 heteroatoms. The van der Waals surface area contributed by atoms with Crippen LogP contribution in [0.25, 0.3) is 0 Å². The largest absolute Gasteiger partial charge is 0.507 e. The maximum Gasteiger partial charge on any atom is 0.342 e. The third-order valence-electron chi connectivity index (χ3n) is 2.81. The summed E-state index contributed by atoms with van der Waals surface area (Å²) in [6, 6.07) is 4.82. The van der Waals surface area contributed by atoms with Crippen LogP contribution in [-0.4, -0.2) is 29.6 Å². The van der Waals surface area contributed by atoms with E-state index in [1.807, 2.05) is 13.8 Å². The molecule has 0 aliphatic rings. The zero-order chi connectivity index (χ0) is 14.4. The van der Waals surface area contributed by atoms with E-state index in [9.17, 15) is 14.7 Å². The molecule has 1 aromatic carbocycles. The monoisotopic (exact) mass is 265 g/mol. The summed E-state index contributed by atoms with van der Waals surface area (Å²) in [5, 5.41) is 12.4. The van der Waals surface area contributed by atoms with Crippen LogP contribution in [0.2, 0.25) is 0 Å². The number of benzene rings is 1. The van der Waals surface area contributed by atoms with Gasteiger partial charge < -0.3 is 15.2 Å². The van der Waals surface area contributed by atoms with Gasteiger partial charge in [-0.05, 0) is 31.9 Å². The molecule has 0 aromatic heterocycles. The van der Waals surface area contributed by atoms with Gasteiger partial charge >= 0.3 is 5.97 Å². The highest BCUT2D eigenvalue weighted by molar-refractivity contribution is 5.94. The Labute approximate surface area is 112 Å². The maximum atomic E-state index is 11.7. The topological polar surface area (TPSA) is 75.6 Å². The molecule has 0 spiro atoms. The minimum Gasteiger partial charge on any atom is -0.507 e. The molecule has 1 amide bonds. The van der Waals surface area contributed by atoms with E-state index in [1.165, 1.54) is 6.07 Å². The molecule has 1 atom stereocenters. The van der Waals surface area contributed by atoms with E-state index < -0.39 is 5.97 Å². The molecule has 1 aromatic rings. The number of phenolic OH excluding ortho intramolecular Hbond substituents is 1. The Kier molecular flexibility index (Phi) is 5.36. The molecule has 0 fully saturated rings. The lowest BCUT2D eigenvalue weighted by Gasteiger charge is -2.12. The molecule has 0 saturated heterocycles. The average Bonchev–Trinajstić information content (AvgIpc) is 2.39. The van der Waals surface area contributed by atoms with Crippen molar-refractivity contribution in [1.82, 2.24) is 5.32 Å². The van der Waals surface area contributed by atoms with Crippen molar-refractivity contribution in [2.45, 2.75) is 33.2 Å². The summed E-state index contributed by atoms with van der Waals surface area (Å²) in [4.78, 5) is 23.2. The fourth-order valence-electron chi connectivity index (χ4n) is 1.45. The van der Waals surface area contributed by atoms with Crippen molar-refractivity contribution in [3.8, 4) is 5.75 Å². The van der Waals surface area contributed by atoms with Crippen LogP contribution < -0.4 is 5.32 Å². The Balaban J connectivity index is 2.56. The standard InChI is InChI=1S/C14H19NO4/c1-4-10(3)15-12(16)8-19-14(18)11-7-5-6-9(2)13(11)17/h5-7,10,17H,4,8H2,1-3H3,(H,15,16)/t10-/m1/s1. The van der Waals surface area contributed by atoms with Crippen molar-refractivity contribution in [3.05, 3.63) is 29.3 Å². The Hall–Kier alpha value is -2.04. The zero-order valence-corrected chi connectivity index (χ0v) is 11.4. The molecule has 0 unspecified atom stereocenters.